The van der Waals surface area contributed by atoms with Gasteiger partial charge >= 0.3 is 0 Å². The van der Waals surface area contributed by atoms with E-state index in [0.717, 1.165) is 19.4 Å². The molecule has 1 aromatic heterocycles. The molecule has 0 saturated carbocycles. The molecule has 0 aliphatic rings. The zero-order chi connectivity index (χ0) is 18.0. The molecule has 0 radical (unpaired) electrons. The Morgan fingerprint density at radius 2 is 1.24 bits per heavy atom. The molecule has 0 aliphatic heterocycles. The molecule has 146 valence electrons. The number of rotatable bonds is 18. The van der Waals surface area contributed by atoms with E-state index in [1.54, 1.807) is 0 Å². The van der Waals surface area contributed by atoms with Crippen LogP contribution < -0.4 is 5.43 Å². The van der Waals surface area contributed by atoms with Crippen molar-refractivity contribution in [2.75, 3.05) is 12.0 Å². The number of aromatic nitrogens is 2. The van der Waals surface area contributed by atoms with Crippen molar-refractivity contribution in [3.05, 3.63) is 18.2 Å². The van der Waals surface area contributed by atoms with Crippen LogP contribution >= 0.6 is 0 Å². The van der Waals surface area contributed by atoms with Crippen LogP contribution in [-0.2, 0) is 6.42 Å². The molecule has 0 aliphatic carbocycles. The maximum absolute atomic E-state index is 4.47. The number of hydrogen-bond donors (Lipinski definition) is 1. The van der Waals surface area contributed by atoms with Crippen molar-refractivity contribution >= 4 is 0 Å². The second-order valence-electron chi connectivity index (χ2n) is 7.53. The van der Waals surface area contributed by atoms with E-state index in [2.05, 4.69) is 30.5 Å². The summed E-state index contributed by atoms with van der Waals surface area (Å²) in [7, 11) is 0. The number of unbranched alkanes of at least 4 members (excludes halogenated alkanes) is 13. The van der Waals surface area contributed by atoms with Crippen molar-refractivity contribution in [1.29, 1.82) is 0 Å². The van der Waals surface area contributed by atoms with Crippen LogP contribution in [0.3, 0.4) is 0 Å². The molecule has 0 amide bonds. The molecular formula is C22H43N3. The number of nitrogens with zero attached hydrogens (tertiary/aromatic N) is 2. The molecule has 1 aromatic rings. The monoisotopic (exact) mass is 349 g/mol. The van der Waals surface area contributed by atoms with E-state index in [0.29, 0.717) is 0 Å². The molecule has 0 saturated heterocycles. The lowest BCUT2D eigenvalue weighted by Gasteiger charge is -2.03. The topological polar surface area (TPSA) is 29.9 Å². The Hall–Kier alpha value is -0.990. The molecule has 0 bridgehead atoms. The maximum atomic E-state index is 4.47. The van der Waals surface area contributed by atoms with Gasteiger partial charge in [-0.2, -0.15) is 0 Å². The molecular weight excluding hydrogens is 306 g/mol. The van der Waals surface area contributed by atoms with Crippen LogP contribution in [-0.4, -0.2) is 16.2 Å². The van der Waals surface area contributed by atoms with Crippen LogP contribution in [0, 0.1) is 0 Å². The molecule has 0 fully saturated rings. The van der Waals surface area contributed by atoms with Gasteiger partial charge in [0.2, 0.25) is 0 Å². The highest BCUT2D eigenvalue weighted by Gasteiger charge is 1.99. The van der Waals surface area contributed by atoms with Gasteiger partial charge in [-0.05, 0) is 19.3 Å². The predicted molar refractivity (Wildman–Crippen MR) is 111 cm³/mol. The standard InChI is InChI=1S/C22H43N3/c1-3-5-6-7-8-9-10-11-12-13-14-15-16-17-18-22-20-25(21-23-22)24-19-4-2/h20-21,24H,3-19H2,1-2H3. The van der Waals surface area contributed by atoms with Crippen LogP contribution in [0.1, 0.15) is 116 Å². The Bertz CT molecular complexity index is 386. The van der Waals surface area contributed by atoms with Gasteiger partial charge in [0.15, 0.2) is 0 Å². The zero-order valence-electron chi connectivity index (χ0n) is 17.1. The average molecular weight is 350 g/mol. The van der Waals surface area contributed by atoms with Gasteiger partial charge in [-0.25, -0.2) is 4.98 Å². The summed E-state index contributed by atoms with van der Waals surface area (Å²) in [5.74, 6) is 0. The molecule has 0 spiro atoms. The van der Waals surface area contributed by atoms with Crippen molar-refractivity contribution in [3.63, 3.8) is 0 Å². The summed E-state index contributed by atoms with van der Waals surface area (Å²) >= 11 is 0. The Kier molecular flexibility index (Phi) is 14.5. The zero-order valence-corrected chi connectivity index (χ0v) is 17.1. The highest BCUT2D eigenvalue weighted by Crippen LogP contribution is 2.13. The van der Waals surface area contributed by atoms with Crippen LogP contribution in [0.25, 0.3) is 0 Å². The number of imidazole rings is 1. The third-order valence-electron chi connectivity index (χ3n) is 4.97. The minimum Gasteiger partial charge on any atom is -0.325 e. The molecule has 1 N–H and O–H groups in total. The second-order valence-corrected chi connectivity index (χ2v) is 7.53. The minimum atomic E-state index is 1.01. The summed E-state index contributed by atoms with van der Waals surface area (Å²) < 4.78 is 2.00. The van der Waals surface area contributed by atoms with Crippen molar-refractivity contribution < 1.29 is 0 Å². The van der Waals surface area contributed by atoms with Crippen LogP contribution in [0.5, 0.6) is 0 Å². The minimum absolute atomic E-state index is 1.01. The Morgan fingerprint density at radius 1 is 0.720 bits per heavy atom. The van der Waals surface area contributed by atoms with Gasteiger partial charge in [-0.3, -0.25) is 4.68 Å². The first-order valence-electron chi connectivity index (χ1n) is 11.1. The van der Waals surface area contributed by atoms with Gasteiger partial charge in [0.1, 0.15) is 6.33 Å². The van der Waals surface area contributed by atoms with E-state index in [1.165, 1.54) is 95.6 Å². The SMILES string of the molecule is CCCCCCCCCCCCCCCCc1cn(NCCC)cn1. The quantitative estimate of drug-likeness (QED) is 0.293. The van der Waals surface area contributed by atoms with E-state index in [9.17, 15) is 0 Å². The molecule has 3 nitrogen and oxygen atoms in total. The molecule has 0 aromatic carbocycles. The summed E-state index contributed by atoms with van der Waals surface area (Å²) in [6.07, 6.45) is 26.2. The summed E-state index contributed by atoms with van der Waals surface area (Å²) in [5.41, 5.74) is 4.55. The Morgan fingerprint density at radius 3 is 1.76 bits per heavy atom. The van der Waals surface area contributed by atoms with Gasteiger partial charge in [-0.1, -0.05) is 97.3 Å². The van der Waals surface area contributed by atoms with Crippen LogP contribution in [0.15, 0.2) is 12.5 Å². The Balaban J connectivity index is 1.80. The second kappa shape index (κ2) is 16.5. The number of hydrogen-bond acceptors (Lipinski definition) is 2. The fraction of sp³-hybridized carbons (Fsp3) is 0.864. The maximum Gasteiger partial charge on any atom is 0.114 e. The Labute approximate surface area is 157 Å². The molecule has 25 heavy (non-hydrogen) atoms. The van der Waals surface area contributed by atoms with Crippen LogP contribution in [0.4, 0.5) is 0 Å². The largest absolute Gasteiger partial charge is 0.325 e. The smallest absolute Gasteiger partial charge is 0.114 e. The molecule has 1 heterocycles. The third-order valence-corrected chi connectivity index (χ3v) is 4.97. The number of aryl methyl sites for hydroxylation is 1. The lowest BCUT2D eigenvalue weighted by atomic mass is 10.0. The lowest BCUT2D eigenvalue weighted by Crippen LogP contribution is -2.12. The molecule has 3 heteroatoms. The van der Waals surface area contributed by atoms with Gasteiger partial charge in [0.25, 0.3) is 0 Å². The molecule has 1 rings (SSSR count). The van der Waals surface area contributed by atoms with Gasteiger partial charge in [0.05, 0.1) is 5.69 Å². The van der Waals surface area contributed by atoms with Gasteiger partial charge < -0.3 is 5.43 Å². The highest BCUT2D eigenvalue weighted by atomic mass is 15.4. The first-order chi connectivity index (χ1) is 12.4. The first kappa shape index (κ1) is 22.1. The van der Waals surface area contributed by atoms with Gasteiger partial charge in [0, 0.05) is 12.7 Å². The van der Waals surface area contributed by atoms with Crippen molar-refractivity contribution in [3.8, 4) is 0 Å². The fourth-order valence-corrected chi connectivity index (χ4v) is 3.32. The molecule has 0 atom stereocenters. The summed E-state index contributed by atoms with van der Waals surface area (Å²) in [6, 6.07) is 0. The summed E-state index contributed by atoms with van der Waals surface area (Å²) in [6.45, 7) is 5.48. The normalized spacial score (nSPS) is 11.1. The van der Waals surface area contributed by atoms with Crippen molar-refractivity contribution in [2.45, 2.75) is 117 Å². The fourth-order valence-electron chi connectivity index (χ4n) is 3.32. The van der Waals surface area contributed by atoms with E-state index >= 15 is 0 Å². The lowest BCUT2D eigenvalue weighted by molar-refractivity contribution is 0.535. The average Bonchev–Trinajstić information content (AvgIpc) is 3.08. The van der Waals surface area contributed by atoms with E-state index < -0.39 is 0 Å². The summed E-state index contributed by atoms with van der Waals surface area (Å²) in [5, 5.41) is 0. The van der Waals surface area contributed by atoms with Crippen molar-refractivity contribution in [2.24, 2.45) is 0 Å². The third kappa shape index (κ3) is 12.9. The molecule has 0 unspecified atom stereocenters. The van der Waals surface area contributed by atoms with Crippen molar-refractivity contribution in [1.82, 2.24) is 9.66 Å². The number of nitrogens with one attached hydrogen (secondary N) is 1. The van der Waals surface area contributed by atoms with E-state index in [4.69, 9.17) is 0 Å². The van der Waals surface area contributed by atoms with Crippen LogP contribution in [0.2, 0.25) is 0 Å². The summed E-state index contributed by atoms with van der Waals surface area (Å²) in [4.78, 5) is 4.47. The predicted octanol–water partition coefficient (Wildman–Crippen LogP) is 6.86. The first-order valence-corrected chi connectivity index (χ1v) is 11.1. The van der Waals surface area contributed by atoms with Gasteiger partial charge in [-0.15, -0.1) is 0 Å². The van der Waals surface area contributed by atoms with E-state index in [1.807, 2.05) is 11.0 Å². The van der Waals surface area contributed by atoms with E-state index in [-0.39, 0.29) is 0 Å². The highest BCUT2D eigenvalue weighted by molar-refractivity contribution is 4.98.